The molecule has 2 saturated heterocycles. The Morgan fingerprint density at radius 2 is 1.87 bits per heavy atom. The molecule has 2 N–H and O–H groups in total. The molecular weight excluding hydrogens is 292 g/mol. The van der Waals surface area contributed by atoms with Crippen molar-refractivity contribution in [3.63, 3.8) is 0 Å². The molecular formula is C18H24N2O3. The number of rotatable bonds is 4. The second-order valence-corrected chi connectivity index (χ2v) is 7.18. The molecule has 0 aromatic heterocycles. The van der Waals surface area contributed by atoms with E-state index >= 15 is 0 Å². The fourth-order valence-corrected chi connectivity index (χ4v) is 3.87. The van der Waals surface area contributed by atoms with Gasteiger partial charge >= 0.3 is 5.97 Å². The molecule has 0 radical (unpaired) electrons. The Bertz CT molecular complexity index is 574. The van der Waals surface area contributed by atoms with Crippen molar-refractivity contribution < 1.29 is 14.6 Å². The van der Waals surface area contributed by atoms with Gasteiger partial charge in [0.2, 0.25) is 0 Å². The summed E-state index contributed by atoms with van der Waals surface area (Å²) >= 11 is 0. The van der Waals surface area contributed by atoms with Crippen LogP contribution in [0.4, 0.5) is 5.69 Å². The van der Waals surface area contributed by atoms with Crippen molar-refractivity contribution >= 4 is 11.7 Å². The van der Waals surface area contributed by atoms with Crippen LogP contribution >= 0.6 is 0 Å². The molecule has 3 aliphatic rings. The zero-order valence-corrected chi connectivity index (χ0v) is 13.3. The highest BCUT2D eigenvalue weighted by Crippen LogP contribution is 2.38. The Balaban J connectivity index is 1.34. The number of anilines is 1. The van der Waals surface area contributed by atoms with Crippen molar-refractivity contribution in [1.82, 2.24) is 5.32 Å². The van der Waals surface area contributed by atoms with Gasteiger partial charge in [-0.05, 0) is 56.4 Å². The number of carboxylic acid groups (broad SMARTS) is 1. The van der Waals surface area contributed by atoms with Crippen LogP contribution in [0.3, 0.4) is 0 Å². The first-order valence-electron chi connectivity index (χ1n) is 8.62. The maximum Gasteiger partial charge on any atom is 0.335 e. The number of aromatic carboxylic acids is 1. The SMILES string of the molecule is O=C(O)c1ccc(N2CCC3(CC2)CC(NC2CC2)CO3)cc1. The third kappa shape index (κ3) is 3.21. The van der Waals surface area contributed by atoms with Crippen molar-refractivity contribution in [2.45, 2.75) is 49.8 Å². The summed E-state index contributed by atoms with van der Waals surface area (Å²) in [7, 11) is 0. The van der Waals surface area contributed by atoms with Gasteiger partial charge in [0.15, 0.2) is 0 Å². The number of hydrogen-bond acceptors (Lipinski definition) is 4. The number of hydrogen-bond donors (Lipinski definition) is 2. The maximum atomic E-state index is 10.9. The first-order valence-corrected chi connectivity index (χ1v) is 8.62. The first kappa shape index (κ1) is 15.0. The third-order valence-corrected chi connectivity index (χ3v) is 5.41. The summed E-state index contributed by atoms with van der Waals surface area (Å²) in [5.41, 5.74) is 1.51. The fraction of sp³-hybridized carbons (Fsp3) is 0.611. The van der Waals surface area contributed by atoms with Crippen LogP contribution in [0.25, 0.3) is 0 Å². The van der Waals surface area contributed by atoms with Gasteiger partial charge < -0.3 is 20.1 Å². The zero-order chi connectivity index (χ0) is 15.9. The van der Waals surface area contributed by atoms with Crippen molar-refractivity contribution in [3.8, 4) is 0 Å². The smallest absolute Gasteiger partial charge is 0.335 e. The molecule has 1 aromatic rings. The number of carbonyl (C=O) groups is 1. The van der Waals surface area contributed by atoms with Gasteiger partial charge in [-0.3, -0.25) is 0 Å². The summed E-state index contributed by atoms with van der Waals surface area (Å²) < 4.78 is 6.19. The lowest BCUT2D eigenvalue weighted by Gasteiger charge is -2.39. The van der Waals surface area contributed by atoms with Gasteiger partial charge in [-0.1, -0.05) is 0 Å². The maximum absolute atomic E-state index is 10.9. The van der Waals surface area contributed by atoms with E-state index in [9.17, 15) is 4.79 Å². The van der Waals surface area contributed by atoms with Crippen molar-refractivity contribution in [2.24, 2.45) is 0 Å². The number of nitrogens with zero attached hydrogens (tertiary/aromatic N) is 1. The molecule has 1 unspecified atom stereocenters. The molecule has 3 fully saturated rings. The fourth-order valence-electron chi connectivity index (χ4n) is 3.87. The Morgan fingerprint density at radius 1 is 1.17 bits per heavy atom. The van der Waals surface area contributed by atoms with Gasteiger partial charge in [-0.2, -0.15) is 0 Å². The Labute approximate surface area is 136 Å². The second-order valence-electron chi connectivity index (χ2n) is 7.18. The minimum absolute atomic E-state index is 0.0596. The molecule has 5 heteroatoms. The van der Waals surface area contributed by atoms with E-state index in [1.807, 2.05) is 12.1 Å². The predicted molar refractivity (Wildman–Crippen MR) is 88.1 cm³/mol. The lowest BCUT2D eigenvalue weighted by atomic mass is 9.87. The Kier molecular flexibility index (Phi) is 3.77. The molecule has 23 heavy (non-hydrogen) atoms. The Hall–Kier alpha value is -1.59. The van der Waals surface area contributed by atoms with E-state index in [1.54, 1.807) is 12.1 Å². The highest BCUT2D eigenvalue weighted by Gasteiger charge is 2.43. The van der Waals surface area contributed by atoms with Crippen molar-refractivity contribution in [1.29, 1.82) is 0 Å². The van der Waals surface area contributed by atoms with Crippen LogP contribution in [0, 0.1) is 0 Å². The van der Waals surface area contributed by atoms with Crippen LogP contribution in [0.2, 0.25) is 0 Å². The summed E-state index contributed by atoms with van der Waals surface area (Å²) in [6.45, 7) is 2.80. The van der Waals surface area contributed by atoms with Crippen LogP contribution in [0.5, 0.6) is 0 Å². The average Bonchev–Trinajstić information content (AvgIpc) is 3.30. The summed E-state index contributed by atoms with van der Waals surface area (Å²) in [5, 5.41) is 12.7. The normalized spacial score (nSPS) is 26.6. The molecule has 4 rings (SSSR count). The summed E-state index contributed by atoms with van der Waals surface area (Å²) in [4.78, 5) is 13.3. The number of ether oxygens (including phenoxy) is 1. The van der Waals surface area contributed by atoms with Gasteiger partial charge in [-0.25, -0.2) is 4.79 Å². The zero-order valence-electron chi connectivity index (χ0n) is 13.3. The first-order chi connectivity index (χ1) is 11.1. The average molecular weight is 316 g/mol. The van der Waals surface area contributed by atoms with E-state index in [0.29, 0.717) is 11.6 Å². The predicted octanol–water partition coefficient (Wildman–Crippen LogP) is 2.26. The molecule has 5 nitrogen and oxygen atoms in total. The molecule has 1 spiro atoms. The lowest BCUT2D eigenvalue weighted by molar-refractivity contribution is -0.0150. The molecule has 1 aliphatic carbocycles. The number of piperidine rings is 1. The van der Waals surface area contributed by atoms with Gasteiger partial charge in [0.25, 0.3) is 0 Å². The van der Waals surface area contributed by atoms with Gasteiger partial charge in [-0.15, -0.1) is 0 Å². The minimum atomic E-state index is -0.872. The number of carboxylic acids is 1. The molecule has 1 saturated carbocycles. The minimum Gasteiger partial charge on any atom is -0.478 e. The summed E-state index contributed by atoms with van der Waals surface area (Å²) in [6, 6.07) is 8.46. The van der Waals surface area contributed by atoms with E-state index in [0.717, 1.165) is 50.7 Å². The quantitative estimate of drug-likeness (QED) is 0.892. The van der Waals surface area contributed by atoms with Crippen LogP contribution in [0.15, 0.2) is 24.3 Å². The van der Waals surface area contributed by atoms with Gasteiger partial charge in [0, 0.05) is 30.9 Å². The van der Waals surface area contributed by atoms with Crippen LogP contribution < -0.4 is 10.2 Å². The Morgan fingerprint density at radius 3 is 2.48 bits per heavy atom. The van der Waals surface area contributed by atoms with Crippen molar-refractivity contribution in [3.05, 3.63) is 29.8 Å². The molecule has 1 aromatic carbocycles. The molecule has 2 aliphatic heterocycles. The number of benzene rings is 1. The van der Waals surface area contributed by atoms with E-state index in [-0.39, 0.29) is 5.60 Å². The van der Waals surface area contributed by atoms with E-state index in [4.69, 9.17) is 9.84 Å². The molecule has 124 valence electrons. The highest BCUT2D eigenvalue weighted by atomic mass is 16.5. The van der Waals surface area contributed by atoms with Crippen molar-refractivity contribution in [2.75, 3.05) is 24.6 Å². The molecule has 1 atom stereocenters. The third-order valence-electron chi connectivity index (χ3n) is 5.41. The van der Waals surface area contributed by atoms with Crippen LogP contribution in [0.1, 0.15) is 42.5 Å². The van der Waals surface area contributed by atoms with Crippen LogP contribution in [-0.2, 0) is 4.74 Å². The summed E-state index contributed by atoms with van der Waals surface area (Å²) in [5.74, 6) is -0.872. The van der Waals surface area contributed by atoms with E-state index < -0.39 is 5.97 Å². The van der Waals surface area contributed by atoms with Gasteiger partial charge in [0.1, 0.15) is 0 Å². The lowest BCUT2D eigenvalue weighted by Crippen LogP contribution is -2.45. The largest absolute Gasteiger partial charge is 0.478 e. The van der Waals surface area contributed by atoms with E-state index in [2.05, 4.69) is 10.2 Å². The highest BCUT2D eigenvalue weighted by molar-refractivity contribution is 5.88. The standard InChI is InChI=1S/C18H24N2O3/c21-17(22)13-1-5-16(6-2-13)20-9-7-18(8-10-20)11-15(12-23-18)19-14-3-4-14/h1-2,5-6,14-15,19H,3-4,7-12H2,(H,21,22). The second kappa shape index (κ2) is 5.80. The molecule has 0 bridgehead atoms. The van der Waals surface area contributed by atoms with Gasteiger partial charge in [0.05, 0.1) is 17.8 Å². The number of nitrogens with one attached hydrogen (secondary N) is 1. The van der Waals surface area contributed by atoms with Crippen LogP contribution in [-0.4, -0.2) is 48.5 Å². The molecule has 0 amide bonds. The summed E-state index contributed by atoms with van der Waals surface area (Å²) in [6.07, 6.45) is 5.88. The monoisotopic (exact) mass is 316 g/mol. The molecule has 2 heterocycles. The topological polar surface area (TPSA) is 61.8 Å². The van der Waals surface area contributed by atoms with E-state index in [1.165, 1.54) is 12.8 Å².